The third-order valence-electron chi connectivity index (χ3n) is 2.45. The molecule has 0 heterocycles. The summed E-state index contributed by atoms with van der Waals surface area (Å²) in [5.41, 5.74) is 0.398. The molecule has 0 bridgehead atoms. The molecule has 100 valence electrons. The molecule has 0 aromatic heterocycles. The third kappa shape index (κ3) is 2.62. The number of sulfonamides is 1. The van der Waals surface area contributed by atoms with Crippen molar-refractivity contribution in [1.82, 2.24) is 4.31 Å². The van der Waals surface area contributed by atoms with Crippen LogP contribution < -0.4 is 4.90 Å². The van der Waals surface area contributed by atoms with Crippen molar-refractivity contribution in [2.24, 2.45) is 0 Å². The van der Waals surface area contributed by atoms with Gasteiger partial charge in [-0.25, -0.2) is 17.5 Å². The molecule has 0 atom stereocenters. The normalized spacial score (nSPS) is 11.6. The number of benzene rings is 1. The molecule has 0 saturated carbocycles. The van der Waals surface area contributed by atoms with Gasteiger partial charge in [-0.2, -0.15) is 0 Å². The van der Waals surface area contributed by atoms with Crippen molar-refractivity contribution in [2.45, 2.75) is 4.90 Å². The number of hydrogen-bond acceptors (Lipinski definition) is 4. The highest BCUT2D eigenvalue weighted by molar-refractivity contribution is 7.89. The average molecular weight is 272 g/mol. The van der Waals surface area contributed by atoms with Crippen molar-refractivity contribution in [3.63, 3.8) is 0 Å². The third-order valence-corrected chi connectivity index (χ3v) is 4.29. The van der Waals surface area contributed by atoms with Crippen molar-refractivity contribution in [3.05, 3.63) is 23.8 Å². The largest absolute Gasteiger partial charge is 0.478 e. The molecule has 7 heteroatoms. The predicted molar refractivity (Wildman–Crippen MR) is 68.6 cm³/mol. The van der Waals surface area contributed by atoms with E-state index >= 15 is 0 Å². The fourth-order valence-electron chi connectivity index (χ4n) is 1.42. The summed E-state index contributed by atoms with van der Waals surface area (Å²) in [5, 5.41) is 8.92. The van der Waals surface area contributed by atoms with Crippen molar-refractivity contribution < 1.29 is 18.3 Å². The number of carboxylic acid groups (broad SMARTS) is 1. The number of nitrogens with zero attached hydrogens (tertiary/aromatic N) is 2. The summed E-state index contributed by atoms with van der Waals surface area (Å²) >= 11 is 0. The van der Waals surface area contributed by atoms with Crippen LogP contribution >= 0.6 is 0 Å². The van der Waals surface area contributed by atoms with Crippen molar-refractivity contribution >= 4 is 21.7 Å². The van der Waals surface area contributed by atoms with Gasteiger partial charge in [0, 0.05) is 28.2 Å². The first-order valence-electron chi connectivity index (χ1n) is 5.15. The summed E-state index contributed by atoms with van der Waals surface area (Å²) in [5.74, 6) is -1.16. The second kappa shape index (κ2) is 4.95. The number of hydrogen-bond donors (Lipinski definition) is 1. The first kappa shape index (κ1) is 14.5. The molecular formula is C11H16N2O4S. The minimum Gasteiger partial charge on any atom is -0.478 e. The predicted octanol–water partition coefficient (Wildman–Crippen LogP) is 0.701. The molecule has 1 N–H and O–H groups in total. The van der Waals surface area contributed by atoms with Gasteiger partial charge in [0.25, 0.3) is 0 Å². The zero-order valence-corrected chi connectivity index (χ0v) is 11.5. The molecule has 0 radical (unpaired) electrons. The summed E-state index contributed by atoms with van der Waals surface area (Å²) in [7, 11) is 2.53. The maximum atomic E-state index is 12.1. The van der Waals surface area contributed by atoms with Crippen LogP contribution in [0.1, 0.15) is 10.4 Å². The molecule has 6 nitrogen and oxygen atoms in total. The number of carboxylic acids is 1. The lowest BCUT2D eigenvalue weighted by molar-refractivity contribution is 0.0696. The molecule has 0 spiro atoms. The second-order valence-corrected chi connectivity index (χ2v) is 6.29. The lowest BCUT2D eigenvalue weighted by Crippen LogP contribution is -2.25. The average Bonchev–Trinajstić information content (AvgIpc) is 2.27. The van der Waals surface area contributed by atoms with E-state index in [9.17, 15) is 13.2 Å². The minimum atomic E-state index is -3.68. The van der Waals surface area contributed by atoms with E-state index in [0.717, 1.165) is 4.31 Å². The van der Waals surface area contributed by atoms with Crippen molar-refractivity contribution in [3.8, 4) is 0 Å². The Balaban J connectivity index is 3.57. The summed E-state index contributed by atoms with van der Waals surface area (Å²) < 4.78 is 25.3. The lowest BCUT2D eigenvalue weighted by Gasteiger charge is -2.20. The van der Waals surface area contributed by atoms with E-state index in [2.05, 4.69) is 0 Å². The molecule has 0 unspecified atom stereocenters. The Labute approximate surface area is 106 Å². The Hall–Kier alpha value is -1.60. The van der Waals surface area contributed by atoms with E-state index in [1.807, 2.05) is 0 Å². The van der Waals surface area contributed by atoms with Gasteiger partial charge in [0.2, 0.25) is 10.0 Å². The van der Waals surface area contributed by atoms with E-state index < -0.39 is 16.0 Å². The van der Waals surface area contributed by atoms with Crippen LogP contribution in [-0.4, -0.2) is 52.0 Å². The first-order valence-corrected chi connectivity index (χ1v) is 6.59. The van der Waals surface area contributed by atoms with E-state index in [1.165, 1.54) is 32.3 Å². The molecule has 18 heavy (non-hydrogen) atoms. The highest BCUT2D eigenvalue weighted by Gasteiger charge is 2.23. The highest BCUT2D eigenvalue weighted by atomic mass is 32.2. The summed E-state index contributed by atoms with van der Waals surface area (Å²) in [6.07, 6.45) is 0. The SMILES string of the molecule is CN(C)c1ccc(C(=O)O)cc1S(=O)(=O)N(C)C. The van der Waals surface area contributed by atoms with Crippen LogP contribution in [0.15, 0.2) is 23.1 Å². The van der Waals surface area contributed by atoms with Crippen LogP contribution in [0.3, 0.4) is 0 Å². The lowest BCUT2D eigenvalue weighted by atomic mass is 10.2. The van der Waals surface area contributed by atoms with Gasteiger partial charge in [-0.1, -0.05) is 0 Å². The van der Waals surface area contributed by atoms with Crippen LogP contribution in [-0.2, 0) is 10.0 Å². The second-order valence-electron chi connectivity index (χ2n) is 4.17. The Morgan fingerprint density at radius 3 is 2.11 bits per heavy atom. The van der Waals surface area contributed by atoms with E-state index in [4.69, 9.17) is 5.11 Å². The zero-order chi connectivity index (χ0) is 14.1. The smallest absolute Gasteiger partial charge is 0.335 e. The number of carbonyl (C=O) groups is 1. The van der Waals surface area contributed by atoms with Gasteiger partial charge in [-0.15, -0.1) is 0 Å². The van der Waals surface area contributed by atoms with E-state index in [-0.39, 0.29) is 10.5 Å². The fraction of sp³-hybridized carbons (Fsp3) is 0.364. The highest BCUT2D eigenvalue weighted by Crippen LogP contribution is 2.26. The van der Waals surface area contributed by atoms with Crippen molar-refractivity contribution in [1.29, 1.82) is 0 Å². The van der Waals surface area contributed by atoms with Gasteiger partial charge in [0.05, 0.1) is 11.3 Å². The molecule has 0 aliphatic carbocycles. The monoisotopic (exact) mass is 272 g/mol. The summed E-state index contributed by atoms with van der Waals surface area (Å²) in [4.78, 5) is 12.5. The maximum absolute atomic E-state index is 12.1. The van der Waals surface area contributed by atoms with E-state index in [0.29, 0.717) is 5.69 Å². The molecule has 0 saturated heterocycles. The van der Waals surface area contributed by atoms with Crippen LogP contribution in [0.4, 0.5) is 5.69 Å². The Bertz CT molecular complexity index is 564. The topological polar surface area (TPSA) is 77.9 Å². The molecule has 1 aromatic rings. The quantitative estimate of drug-likeness (QED) is 0.873. The molecule has 1 rings (SSSR count). The molecule has 0 fully saturated rings. The molecule has 0 aliphatic heterocycles. The summed E-state index contributed by atoms with van der Waals surface area (Å²) in [6, 6.07) is 4.04. The Kier molecular flexibility index (Phi) is 3.98. The van der Waals surface area contributed by atoms with Crippen molar-refractivity contribution in [2.75, 3.05) is 33.1 Å². The first-order chi connectivity index (χ1) is 8.17. The number of aromatic carboxylic acids is 1. The standard InChI is InChI=1S/C11H16N2O4S/c1-12(2)9-6-5-8(11(14)15)7-10(9)18(16,17)13(3)4/h5-7H,1-4H3,(H,14,15). The Morgan fingerprint density at radius 1 is 1.17 bits per heavy atom. The number of anilines is 1. The summed E-state index contributed by atoms with van der Waals surface area (Å²) in [6.45, 7) is 0. The zero-order valence-electron chi connectivity index (χ0n) is 10.7. The van der Waals surface area contributed by atoms with Gasteiger partial charge in [-0.3, -0.25) is 0 Å². The maximum Gasteiger partial charge on any atom is 0.335 e. The molecular weight excluding hydrogens is 256 g/mol. The van der Waals surface area contributed by atoms with E-state index in [1.54, 1.807) is 19.0 Å². The van der Waals surface area contributed by atoms with Gasteiger partial charge in [0.15, 0.2) is 0 Å². The molecule has 0 aliphatic rings. The van der Waals surface area contributed by atoms with Gasteiger partial charge in [0.1, 0.15) is 4.90 Å². The van der Waals surface area contributed by atoms with Crippen LogP contribution in [0.2, 0.25) is 0 Å². The minimum absolute atomic E-state index is 0.0163. The van der Waals surface area contributed by atoms with Crippen LogP contribution in [0, 0.1) is 0 Å². The van der Waals surface area contributed by atoms with Gasteiger partial charge < -0.3 is 10.0 Å². The van der Waals surface area contributed by atoms with Crippen LogP contribution in [0.5, 0.6) is 0 Å². The fourth-order valence-corrected chi connectivity index (χ4v) is 2.60. The molecule has 1 aromatic carbocycles. The Morgan fingerprint density at radius 2 is 1.72 bits per heavy atom. The molecule has 0 amide bonds. The van der Waals surface area contributed by atoms with Gasteiger partial charge >= 0.3 is 5.97 Å². The number of rotatable bonds is 4. The van der Waals surface area contributed by atoms with Crippen LogP contribution in [0.25, 0.3) is 0 Å². The van der Waals surface area contributed by atoms with Gasteiger partial charge in [-0.05, 0) is 18.2 Å².